The minimum absolute atomic E-state index is 0.645. The Kier molecular flexibility index (Phi) is 3.19. The molecule has 1 aromatic rings. The molecule has 1 saturated carbocycles. The third-order valence-corrected chi connectivity index (χ3v) is 4.49. The quantitative estimate of drug-likeness (QED) is 0.759. The molecule has 2 heterocycles. The summed E-state index contributed by atoms with van der Waals surface area (Å²) in [5, 5.41) is 8.79. The zero-order chi connectivity index (χ0) is 12.4. The van der Waals surface area contributed by atoms with Crippen molar-refractivity contribution < 1.29 is 0 Å². The molecule has 2 unspecified atom stereocenters. The van der Waals surface area contributed by atoms with E-state index in [1.54, 1.807) is 6.20 Å². The van der Waals surface area contributed by atoms with Crippen molar-refractivity contribution in [2.75, 3.05) is 18.0 Å². The summed E-state index contributed by atoms with van der Waals surface area (Å²) in [6.07, 6.45) is 8.64. The molecule has 2 aliphatic rings. The minimum Gasteiger partial charge on any atom is -0.356 e. The average molecular weight is 241 g/mol. The van der Waals surface area contributed by atoms with Gasteiger partial charge in [0.25, 0.3) is 0 Å². The van der Waals surface area contributed by atoms with Crippen molar-refractivity contribution >= 4 is 5.82 Å². The van der Waals surface area contributed by atoms with Crippen LogP contribution in [0.1, 0.15) is 37.7 Å². The fraction of sp³-hybridized carbons (Fsp3) is 0.600. The first-order valence-corrected chi connectivity index (χ1v) is 6.98. The van der Waals surface area contributed by atoms with Gasteiger partial charge in [0.05, 0.1) is 5.56 Å². The van der Waals surface area contributed by atoms with Crippen LogP contribution in [0.25, 0.3) is 0 Å². The van der Waals surface area contributed by atoms with Crippen LogP contribution in [-0.4, -0.2) is 18.1 Å². The minimum atomic E-state index is 0.645. The van der Waals surface area contributed by atoms with Crippen molar-refractivity contribution in [3.8, 4) is 6.07 Å². The molecule has 3 rings (SSSR count). The largest absolute Gasteiger partial charge is 0.356 e. The zero-order valence-electron chi connectivity index (χ0n) is 10.7. The van der Waals surface area contributed by atoms with Crippen LogP contribution >= 0.6 is 0 Å². The van der Waals surface area contributed by atoms with Gasteiger partial charge in [-0.3, -0.25) is 0 Å². The van der Waals surface area contributed by atoms with Gasteiger partial charge in [0, 0.05) is 19.3 Å². The number of piperidine rings is 1. The molecule has 1 saturated heterocycles. The van der Waals surface area contributed by atoms with Gasteiger partial charge < -0.3 is 4.90 Å². The lowest BCUT2D eigenvalue weighted by atomic mass is 9.75. The Morgan fingerprint density at radius 1 is 1.17 bits per heavy atom. The van der Waals surface area contributed by atoms with Gasteiger partial charge in [-0.2, -0.15) is 5.26 Å². The smallest absolute Gasteiger partial charge is 0.128 e. The van der Waals surface area contributed by atoms with Crippen molar-refractivity contribution in [3.05, 3.63) is 23.9 Å². The van der Waals surface area contributed by atoms with E-state index in [1.165, 1.54) is 32.1 Å². The van der Waals surface area contributed by atoms with Crippen molar-refractivity contribution in [2.45, 2.75) is 32.1 Å². The monoisotopic (exact) mass is 241 g/mol. The Morgan fingerprint density at radius 3 is 2.72 bits per heavy atom. The number of anilines is 1. The second-order valence-corrected chi connectivity index (χ2v) is 5.56. The number of pyridine rings is 1. The normalized spacial score (nSPS) is 27.4. The molecule has 2 fully saturated rings. The molecule has 1 aliphatic carbocycles. The first-order chi connectivity index (χ1) is 8.86. The molecule has 18 heavy (non-hydrogen) atoms. The summed E-state index contributed by atoms with van der Waals surface area (Å²) < 4.78 is 0. The number of nitrogens with zero attached hydrogens (tertiary/aromatic N) is 3. The topological polar surface area (TPSA) is 39.9 Å². The van der Waals surface area contributed by atoms with E-state index < -0.39 is 0 Å². The van der Waals surface area contributed by atoms with E-state index in [-0.39, 0.29) is 0 Å². The first kappa shape index (κ1) is 11.5. The Bertz CT molecular complexity index is 446. The molecule has 3 nitrogen and oxygen atoms in total. The maximum atomic E-state index is 8.79. The van der Waals surface area contributed by atoms with Crippen molar-refractivity contribution in [1.29, 1.82) is 5.26 Å². The van der Waals surface area contributed by atoms with Crippen LogP contribution < -0.4 is 4.90 Å². The number of aromatic nitrogens is 1. The molecular weight excluding hydrogens is 222 g/mol. The summed E-state index contributed by atoms with van der Waals surface area (Å²) in [6, 6.07) is 5.98. The number of rotatable bonds is 1. The van der Waals surface area contributed by atoms with Crippen LogP contribution in [0.2, 0.25) is 0 Å². The molecule has 1 aliphatic heterocycles. The number of hydrogen-bond acceptors (Lipinski definition) is 3. The third kappa shape index (κ3) is 2.20. The second-order valence-electron chi connectivity index (χ2n) is 5.56. The highest BCUT2D eigenvalue weighted by Gasteiger charge is 2.31. The summed E-state index contributed by atoms with van der Waals surface area (Å²) in [7, 11) is 0. The van der Waals surface area contributed by atoms with Crippen LogP contribution in [0.4, 0.5) is 5.82 Å². The summed E-state index contributed by atoms with van der Waals surface area (Å²) in [5.74, 6) is 2.86. The molecule has 0 N–H and O–H groups in total. The van der Waals surface area contributed by atoms with E-state index in [0.29, 0.717) is 5.56 Å². The Labute approximate surface area is 108 Å². The molecule has 0 aromatic carbocycles. The maximum absolute atomic E-state index is 8.79. The number of nitriles is 1. The first-order valence-electron chi connectivity index (χ1n) is 6.98. The summed E-state index contributed by atoms with van der Waals surface area (Å²) in [4.78, 5) is 6.81. The van der Waals surface area contributed by atoms with E-state index in [9.17, 15) is 0 Å². The predicted octanol–water partition coefficient (Wildman–Crippen LogP) is 2.97. The van der Waals surface area contributed by atoms with E-state index in [0.717, 1.165) is 30.7 Å². The Morgan fingerprint density at radius 2 is 2.00 bits per heavy atom. The van der Waals surface area contributed by atoms with Gasteiger partial charge in [0.2, 0.25) is 0 Å². The van der Waals surface area contributed by atoms with E-state index in [1.807, 2.05) is 12.1 Å². The molecule has 2 atom stereocenters. The molecule has 0 radical (unpaired) electrons. The predicted molar refractivity (Wildman–Crippen MR) is 71.2 cm³/mol. The summed E-state index contributed by atoms with van der Waals surface area (Å²) >= 11 is 0. The highest BCUT2D eigenvalue weighted by Crippen LogP contribution is 2.37. The lowest BCUT2D eigenvalue weighted by molar-refractivity contribution is 0.202. The standard InChI is InChI=1S/C15H19N3/c16-9-12-5-6-15(17-10-12)18-8-7-13-3-1-2-4-14(13)11-18/h5-6,10,13-14H,1-4,7-8,11H2. The second kappa shape index (κ2) is 4.97. The van der Waals surface area contributed by atoms with Crippen LogP contribution in [0.5, 0.6) is 0 Å². The van der Waals surface area contributed by atoms with Crippen molar-refractivity contribution in [1.82, 2.24) is 4.98 Å². The highest BCUT2D eigenvalue weighted by atomic mass is 15.2. The van der Waals surface area contributed by atoms with Gasteiger partial charge in [-0.1, -0.05) is 19.3 Å². The highest BCUT2D eigenvalue weighted by molar-refractivity contribution is 5.42. The van der Waals surface area contributed by atoms with E-state index in [2.05, 4.69) is 16.0 Å². The van der Waals surface area contributed by atoms with Crippen LogP contribution in [0, 0.1) is 23.2 Å². The summed E-state index contributed by atoms with van der Waals surface area (Å²) in [5.41, 5.74) is 0.645. The molecule has 94 valence electrons. The summed E-state index contributed by atoms with van der Waals surface area (Å²) in [6.45, 7) is 2.28. The van der Waals surface area contributed by atoms with Gasteiger partial charge in [0.1, 0.15) is 11.9 Å². The fourth-order valence-corrected chi connectivity index (χ4v) is 3.45. The molecule has 0 amide bonds. The van der Waals surface area contributed by atoms with E-state index >= 15 is 0 Å². The zero-order valence-corrected chi connectivity index (χ0v) is 10.7. The average Bonchev–Trinajstić information content (AvgIpc) is 2.47. The van der Waals surface area contributed by atoms with Crippen LogP contribution in [-0.2, 0) is 0 Å². The fourth-order valence-electron chi connectivity index (χ4n) is 3.45. The van der Waals surface area contributed by atoms with E-state index in [4.69, 9.17) is 5.26 Å². The van der Waals surface area contributed by atoms with Gasteiger partial charge in [-0.15, -0.1) is 0 Å². The molecule has 1 aromatic heterocycles. The van der Waals surface area contributed by atoms with Crippen molar-refractivity contribution in [2.24, 2.45) is 11.8 Å². The van der Waals surface area contributed by atoms with Gasteiger partial charge in [-0.25, -0.2) is 4.98 Å². The van der Waals surface area contributed by atoms with Gasteiger partial charge >= 0.3 is 0 Å². The third-order valence-electron chi connectivity index (χ3n) is 4.49. The van der Waals surface area contributed by atoms with Crippen LogP contribution in [0.3, 0.4) is 0 Å². The Hall–Kier alpha value is -1.56. The number of hydrogen-bond donors (Lipinski definition) is 0. The molecular formula is C15H19N3. The van der Waals surface area contributed by atoms with Crippen molar-refractivity contribution in [3.63, 3.8) is 0 Å². The van der Waals surface area contributed by atoms with Gasteiger partial charge in [-0.05, 0) is 36.8 Å². The van der Waals surface area contributed by atoms with Gasteiger partial charge in [0.15, 0.2) is 0 Å². The molecule has 0 bridgehead atoms. The lowest BCUT2D eigenvalue weighted by Crippen LogP contribution is -2.42. The molecule has 3 heteroatoms. The number of fused-ring (bicyclic) bond motifs is 1. The lowest BCUT2D eigenvalue weighted by Gasteiger charge is -2.41. The SMILES string of the molecule is N#Cc1ccc(N2CCC3CCCCC3C2)nc1. The maximum Gasteiger partial charge on any atom is 0.128 e. The molecule has 0 spiro atoms. The van der Waals surface area contributed by atoms with Crippen LogP contribution in [0.15, 0.2) is 18.3 Å². The Balaban J connectivity index is 1.71.